The summed E-state index contributed by atoms with van der Waals surface area (Å²) in [6.45, 7) is 0.311. The van der Waals surface area contributed by atoms with Gasteiger partial charge >= 0.3 is 0 Å². The van der Waals surface area contributed by atoms with Gasteiger partial charge in [-0.3, -0.25) is 9.59 Å². The number of carbonyl (C=O) groups is 1. The van der Waals surface area contributed by atoms with Crippen molar-refractivity contribution < 1.29 is 13.6 Å². The average molecular weight is 340 g/mol. The van der Waals surface area contributed by atoms with Crippen LogP contribution in [0.2, 0.25) is 0 Å². The number of hydrogen-bond acceptors (Lipinski definition) is 2. The van der Waals surface area contributed by atoms with Crippen LogP contribution in [0.5, 0.6) is 0 Å². The van der Waals surface area contributed by atoms with Gasteiger partial charge in [-0.15, -0.1) is 0 Å². The fourth-order valence-electron chi connectivity index (χ4n) is 2.35. The Morgan fingerprint density at radius 1 is 1.00 bits per heavy atom. The summed E-state index contributed by atoms with van der Waals surface area (Å²) in [5, 5.41) is 2.37. The summed E-state index contributed by atoms with van der Waals surface area (Å²) in [4.78, 5) is 24.3. The maximum absolute atomic E-state index is 13.6. The summed E-state index contributed by atoms with van der Waals surface area (Å²) in [5.74, 6) is -2.19. The van der Waals surface area contributed by atoms with Gasteiger partial charge in [0.2, 0.25) is 0 Å². The number of carbonyl (C=O) groups excluding carboxylic acids is 1. The van der Waals surface area contributed by atoms with Crippen molar-refractivity contribution in [1.82, 2.24) is 4.57 Å². The zero-order valence-electron chi connectivity index (χ0n) is 13.1. The Kier molecular flexibility index (Phi) is 4.70. The second-order valence-electron chi connectivity index (χ2n) is 5.45. The van der Waals surface area contributed by atoms with E-state index in [1.165, 1.54) is 22.9 Å². The molecule has 0 spiro atoms. The molecule has 126 valence electrons. The standard InChI is InChI=1S/C19H14F2N2O2/c20-15-7-8-17(16(21)10-15)22-19(25)14-6-9-18(24)23(12-14)11-13-4-2-1-3-5-13/h1-10,12H,11H2,(H,22,25). The first-order valence-corrected chi connectivity index (χ1v) is 7.54. The van der Waals surface area contributed by atoms with Crippen LogP contribution >= 0.6 is 0 Å². The summed E-state index contributed by atoms with van der Waals surface area (Å²) in [5.41, 5.74) is 0.714. The quantitative estimate of drug-likeness (QED) is 0.791. The summed E-state index contributed by atoms with van der Waals surface area (Å²) in [6.07, 6.45) is 1.41. The number of nitrogens with zero attached hydrogens (tertiary/aromatic N) is 1. The molecule has 3 aromatic rings. The highest BCUT2D eigenvalue weighted by Crippen LogP contribution is 2.16. The summed E-state index contributed by atoms with van der Waals surface area (Å²) >= 11 is 0. The van der Waals surface area contributed by atoms with Crippen LogP contribution in [0.25, 0.3) is 0 Å². The van der Waals surface area contributed by atoms with Crippen molar-refractivity contribution in [1.29, 1.82) is 0 Å². The molecule has 0 aliphatic carbocycles. The Morgan fingerprint density at radius 2 is 1.76 bits per heavy atom. The zero-order valence-corrected chi connectivity index (χ0v) is 13.1. The van der Waals surface area contributed by atoms with Crippen LogP contribution in [-0.2, 0) is 6.54 Å². The highest BCUT2D eigenvalue weighted by atomic mass is 19.1. The van der Waals surface area contributed by atoms with Crippen LogP contribution in [0.4, 0.5) is 14.5 Å². The van der Waals surface area contributed by atoms with E-state index in [1.807, 2.05) is 30.3 Å². The first kappa shape index (κ1) is 16.6. The highest BCUT2D eigenvalue weighted by molar-refractivity contribution is 6.04. The third-order valence-electron chi connectivity index (χ3n) is 3.62. The van der Waals surface area contributed by atoms with Crippen molar-refractivity contribution in [2.24, 2.45) is 0 Å². The van der Waals surface area contributed by atoms with Crippen molar-refractivity contribution >= 4 is 11.6 Å². The molecule has 0 saturated carbocycles. The van der Waals surface area contributed by atoms with Crippen LogP contribution in [0.15, 0.2) is 71.7 Å². The molecule has 0 aliphatic rings. The van der Waals surface area contributed by atoms with Gasteiger partial charge in [0, 0.05) is 18.3 Å². The largest absolute Gasteiger partial charge is 0.319 e. The smallest absolute Gasteiger partial charge is 0.257 e. The van der Waals surface area contributed by atoms with E-state index in [2.05, 4.69) is 5.32 Å². The number of benzene rings is 2. The Hall–Kier alpha value is -3.28. The van der Waals surface area contributed by atoms with Gasteiger partial charge in [-0.2, -0.15) is 0 Å². The van der Waals surface area contributed by atoms with Crippen LogP contribution in [0.3, 0.4) is 0 Å². The van der Waals surface area contributed by atoms with Gasteiger partial charge < -0.3 is 9.88 Å². The fraction of sp³-hybridized carbons (Fsp3) is 0.0526. The van der Waals surface area contributed by atoms with E-state index in [0.717, 1.165) is 17.7 Å². The highest BCUT2D eigenvalue weighted by Gasteiger charge is 2.11. The maximum atomic E-state index is 13.6. The Bertz CT molecular complexity index is 969. The number of aromatic nitrogens is 1. The fourth-order valence-corrected chi connectivity index (χ4v) is 2.35. The minimum atomic E-state index is -0.869. The molecule has 0 unspecified atom stereocenters. The van der Waals surface area contributed by atoms with E-state index in [4.69, 9.17) is 0 Å². The number of anilines is 1. The first-order chi connectivity index (χ1) is 12.0. The number of rotatable bonds is 4. The molecule has 4 nitrogen and oxygen atoms in total. The van der Waals surface area contributed by atoms with Crippen LogP contribution < -0.4 is 10.9 Å². The monoisotopic (exact) mass is 340 g/mol. The maximum Gasteiger partial charge on any atom is 0.257 e. The van der Waals surface area contributed by atoms with Crippen molar-refractivity contribution in [2.75, 3.05) is 5.32 Å². The lowest BCUT2D eigenvalue weighted by Gasteiger charge is -2.10. The molecule has 1 heterocycles. The van der Waals surface area contributed by atoms with Gasteiger partial charge in [0.25, 0.3) is 11.5 Å². The molecule has 3 rings (SSSR count). The Morgan fingerprint density at radius 3 is 2.48 bits per heavy atom. The molecule has 1 N–H and O–H groups in total. The van der Waals surface area contributed by atoms with Crippen LogP contribution in [0, 0.1) is 11.6 Å². The third kappa shape index (κ3) is 3.98. The Labute approximate surface area is 142 Å². The second kappa shape index (κ2) is 7.09. The molecular weight excluding hydrogens is 326 g/mol. The normalized spacial score (nSPS) is 10.5. The van der Waals surface area contributed by atoms with Crippen molar-refractivity contribution in [2.45, 2.75) is 6.54 Å². The predicted octanol–water partition coefficient (Wildman–Crippen LogP) is 3.43. The molecule has 25 heavy (non-hydrogen) atoms. The van der Waals surface area contributed by atoms with Crippen LogP contribution in [0.1, 0.15) is 15.9 Å². The molecule has 0 saturated heterocycles. The number of pyridine rings is 1. The lowest BCUT2D eigenvalue weighted by molar-refractivity contribution is 0.102. The van der Waals surface area contributed by atoms with E-state index in [0.29, 0.717) is 12.6 Å². The van der Waals surface area contributed by atoms with Gasteiger partial charge in [-0.05, 0) is 23.8 Å². The van der Waals surface area contributed by atoms with Crippen molar-refractivity contribution in [3.63, 3.8) is 0 Å². The van der Waals surface area contributed by atoms with Gasteiger partial charge in [-0.1, -0.05) is 30.3 Å². The van der Waals surface area contributed by atoms with E-state index >= 15 is 0 Å². The lowest BCUT2D eigenvalue weighted by atomic mass is 10.2. The van der Waals surface area contributed by atoms with E-state index in [-0.39, 0.29) is 16.8 Å². The molecule has 0 atom stereocenters. The molecule has 6 heteroatoms. The summed E-state index contributed by atoms with van der Waals surface area (Å²) in [7, 11) is 0. The molecular formula is C19H14F2N2O2. The van der Waals surface area contributed by atoms with Gasteiger partial charge in [0.05, 0.1) is 17.8 Å². The number of hydrogen-bond donors (Lipinski definition) is 1. The zero-order chi connectivity index (χ0) is 17.8. The lowest BCUT2D eigenvalue weighted by Crippen LogP contribution is -2.22. The van der Waals surface area contributed by atoms with Crippen LogP contribution in [-0.4, -0.2) is 10.5 Å². The number of amides is 1. The average Bonchev–Trinajstić information content (AvgIpc) is 2.60. The SMILES string of the molecule is O=C(Nc1ccc(F)cc1F)c1ccc(=O)n(Cc2ccccc2)c1. The van der Waals surface area contributed by atoms with Gasteiger partial charge in [0.15, 0.2) is 0 Å². The predicted molar refractivity (Wildman–Crippen MR) is 90.6 cm³/mol. The first-order valence-electron chi connectivity index (χ1n) is 7.54. The van der Waals surface area contributed by atoms with E-state index < -0.39 is 17.5 Å². The minimum Gasteiger partial charge on any atom is -0.319 e. The third-order valence-corrected chi connectivity index (χ3v) is 3.62. The molecule has 1 amide bonds. The number of nitrogens with one attached hydrogen (secondary N) is 1. The van der Waals surface area contributed by atoms with Crippen molar-refractivity contribution in [3.05, 3.63) is 100.0 Å². The second-order valence-corrected chi connectivity index (χ2v) is 5.45. The molecule has 0 fully saturated rings. The molecule has 2 aromatic carbocycles. The van der Waals surface area contributed by atoms with Gasteiger partial charge in [-0.25, -0.2) is 8.78 Å². The molecule has 0 aliphatic heterocycles. The summed E-state index contributed by atoms with van der Waals surface area (Å²) < 4.78 is 28.0. The Balaban J connectivity index is 1.83. The number of halogens is 2. The van der Waals surface area contributed by atoms with E-state index in [9.17, 15) is 18.4 Å². The van der Waals surface area contributed by atoms with Crippen molar-refractivity contribution in [3.8, 4) is 0 Å². The topological polar surface area (TPSA) is 51.1 Å². The van der Waals surface area contributed by atoms with E-state index in [1.54, 1.807) is 0 Å². The minimum absolute atomic E-state index is 0.132. The summed E-state index contributed by atoms with van der Waals surface area (Å²) in [6, 6.07) is 14.8. The van der Waals surface area contributed by atoms with Gasteiger partial charge in [0.1, 0.15) is 11.6 Å². The molecule has 1 aromatic heterocycles. The molecule has 0 bridgehead atoms. The molecule has 0 radical (unpaired) electrons.